The fourth-order valence-electron chi connectivity index (χ4n) is 3.40. The van der Waals surface area contributed by atoms with E-state index >= 15 is 0 Å². The van der Waals surface area contributed by atoms with Crippen molar-refractivity contribution in [2.24, 2.45) is 0 Å². The molecule has 32 heavy (non-hydrogen) atoms. The van der Waals surface area contributed by atoms with E-state index in [1.165, 1.54) is 0 Å². The minimum atomic E-state index is -0.642. The summed E-state index contributed by atoms with van der Waals surface area (Å²) >= 11 is 1.15. The number of ketones is 1. The van der Waals surface area contributed by atoms with Gasteiger partial charge in [0.25, 0.3) is 5.22 Å². The van der Waals surface area contributed by atoms with Gasteiger partial charge in [-0.2, -0.15) is 0 Å². The van der Waals surface area contributed by atoms with E-state index < -0.39 is 5.63 Å². The van der Waals surface area contributed by atoms with Gasteiger partial charge in [-0.1, -0.05) is 90.6 Å². The van der Waals surface area contributed by atoms with Crippen LogP contribution < -0.4 is 5.63 Å². The Hall–Kier alpha value is -3.90. The van der Waals surface area contributed by atoms with E-state index in [4.69, 9.17) is 8.83 Å². The highest BCUT2D eigenvalue weighted by Crippen LogP contribution is 2.35. The highest BCUT2D eigenvalue weighted by atomic mass is 32.2. The quantitative estimate of drug-likeness (QED) is 0.181. The molecule has 2 heterocycles. The van der Waals surface area contributed by atoms with Gasteiger partial charge in [0.15, 0.2) is 11.5 Å². The number of carbonyl (C=O) groups excluding carboxylic acids is 1. The topological polar surface area (TPSA) is 73.3 Å². The molecule has 3 aromatic carbocycles. The van der Waals surface area contributed by atoms with Gasteiger partial charge in [-0.15, -0.1) is 0 Å². The van der Waals surface area contributed by atoms with Crippen molar-refractivity contribution in [3.8, 4) is 22.6 Å². The van der Waals surface area contributed by atoms with Gasteiger partial charge < -0.3 is 8.83 Å². The molecular formula is C26H17NO4S. The van der Waals surface area contributed by atoms with Crippen molar-refractivity contribution in [1.82, 2.24) is 4.98 Å². The molecule has 0 unspecified atom stereocenters. The lowest BCUT2D eigenvalue weighted by Crippen LogP contribution is -2.15. The average Bonchev–Trinajstić information content (AvgIpc) is 3.27. The third-order valence-corrected chi connectivity index (χ3v) is 5.79. The number of carbonyl (C=O) groups is 1. The Morgan fingerprint density at radius 3 is 2.22 bits per heavy atom. The monoisotopic (exact) mass is 439 g/mol. The van der Waals surface area contributed by atoms with Crippen molar-refractivity contribution in [2.75, 3.05) is 5.75 Å². The predicted molar refractivity (Wildman–Crippen MR) is 125 cm³/mol. The molecule has 0 saturated carbocycles. The molecule has 0 aliphatic rings. The van der Waals surface area contributed by atoms with Gasteiger partial charge in [0.2, 0.25) is 0 Å². The number of para-hydroxylation sites is 1. The average molecular weight is 439 g/mol. The zero-order chi connectivity index (χ0) is 21.9. The minimum absolute atomic E-state index is 0.00602. The molecule has 0 saturated heterocycles. The standard InChI is InChI=1S/C26H17NO4S/c28-21(20-15-19-13-7-8-14-22(19)30-25(20)29)16-32-26-27-23(17-9-3-1-4-10-17)24(31-26)18-11-5-2-6-12-18/h1-15H,16H2. The molecule has 0 atom stereocenters. The molecule has 5 nitrogen and oxygen atoms in total. The van der Waals surface area contributed by atoms with E-state index in [2.05, 4.69) is 4.98 Å². The number of rotatable bonds is 6. The summed E-state index contributed by atoms with van der Waals surface area (Å²) in [4.78, 5) is 29.7. The third-order valence-electron chi connectivity index (χ3n) is 4.96. The maximum atomic E-state index is 12.8. The Labute approximate surface area is 187 Å². The SMILES string of the molecule is O=C(CSc1nc(-c2ccccc2)c(-c2ccccc2)o1)c1cc2ccccc2oc1=O. The first-order valence-electron chi connectivity index (χ1n) is 9.99. The maximum absolute atomic E-state index is 12.8. The lowest BCUT2D eigenvalue weighted by atomic mass is 10.1. The largest absolute Gasteiger partial charge is 0.431 e. The normalized spacial score (nSPS) is 11.0. The second-order valence-corrected chi connectivity index (χ2v) is 8.01. The van der Waals surface area contributed by atoms with Crippen LogP contribution in [0.5, 0.6) is 0 Å². The van der Waals surface area contributed by atoms with Crippen molar-refractivity contribution in [3.63, 3.8) is 0 Å². The van der Waals surface area contributed by atoms with Crippen LogP contribution in [-0.4, -0.2) is 16.5 Å². The number of oxazole rings is 1. The van der Waals surface area contributed by atoms with E-state index in [-0.39, 0.29) is 17.1 Å². The number of hydrogen-bond donors (Lipinski definition) is 0. The van der Waals surface area contributed by atoms with Crippen molar-refractivity contribution in [2.45, 2.75) is 5.22 Å². The fraction of sp³-hybridized carbons (Fsp3) is 0.0385. The molecule has 0 bridgehead atoms. The van der Waals surface area contributed by atoms with Gasteiger partial charge >= 0.3 is 5.63 Å². The van der Waals surface area contributed by atoms with Gasteiger partial charge in [-0.25, -0.2) is 9.78 Å². The minimum Gasteiger partial charge on any atom is -0.431 e. The third kappa shape index (κ3) is 4.00. The molecular weight excluding hydrogens is 422 g/mol. The molecule has 2 aromatic heterocycles. The molecule has 0 fully saturated rings. The number of benzene rings is 3. The van der Waals surface area contributed by atoms with Crippen LogP contribution in [0.1, 0.15) is 10.4 Å². The van der Waals surface area contributed by atoms with Crippen LogP contribution in [0, 0.1) is 0 Å². The summed E-state index contributed by atoms with van der Waals surface area (Å²) in [6.07, 6.45) is 0. The van der Waals surface area contributed by atoms with Gasteiger partial charge in [0.05, 0.1) is 5.75 Å². The van der Waals surface area contributed by atoms with Crippen LogP contribution >= 0.6 is 11.8 Å². The zero-order valence-electron chi connectivity index (χ0n) is 16.9. The van der Waals surface area contributed by atoms with Crippen molar-refractivity contribution in [1.29, 1.82) is 0 Å². The van der Waals surface area contributed by atoms with Gasteiger partial charge in [-0.3, -0.25) is 4.79 Å². The number of Topliss-reactive ketones (excluding diaryl/α,β-unsaturated/α-hetero) is 1. The number of nitrogens with zero attached hydrogens (tertiary/aromatic N) is 1. The van der Waals surface area contributed by atoms with Crippen LogP contribution in [0.2, 0.25) is 0 Å². The van der Waals surface area contributed by atoms with Gasteiger partial charge in [0, 0.05) is 16.5 Å². The molecule has 0 radical (unpaired) electrons. The highest BCUT2D eigenvalue weighted by Gasteiger charge is 2.19. The molecule has 0 amide bonds. The Bertz CT molecular complexity index is 1400. The lowest BCUT2D eigenvalue weighted by molar-refractivity contribution is 0.101. The Morgan fingerprint density at radius 2 is 1.47 bits per heavy atom. The molecule has 6 heteroatoms. The predicted octanol–water partition coefficient (Wildman–Crippen LogP) is 6.09. The summed E-state index contributed by atoms with van der Waals surface area (Å²) in [5.74, 6) is 0.304. The van der Waals surface area contributed by atoms with Crippen molar-refractivity contribution in [3.05, 3.63) is 107 Å². The first-order chi connectivity index (χ1) is 15.7. The van der Waals surface area contributed by atoms with Gasteiger partial charge in [0.1, 0.15) is 16.8 Å². The van der Waals surface area contributed by atoms with E-state index in [1.807, 2.05) is 66.7 Å². The number of fused-ring (bicyclic) bond motifs is 1. The van der Waals surface area contributed by atoms with Gasteiger partial charge in [-0.05, 0) is 12.1 Å². The molecule has 156 valence electrons. The second-order valence-electron chi connectivity index (χ2n) is 7.09. The molecule has 0 N–H and O–H groups in total. The fourth-order valence-corrected chi connectivity index (χ4v) is 4.11. The zero-order valence-corrected chi connectivity index (χ0v) is 17.7. The molecule has 0 spiro atoms. The van der Waals surface area contributed by atoms with Crippen LogP contribution in [0.4, 0.5) is 0 Å². The highest BCUT2D eigenvalue weighted by molar-refractivity contribution is 7.99. The Morgan fingerprint density at radius 1 is 0.812 bits per heavy atom. The first-order valence-corrected chi connectivity index (χ1v) is 11.0. The Kier molecular flexibility index (Phi) is 5.44. The van der Waals surface area contributed by atoms with Crippen LogP contribution in [0.15, 0.2) is 110 Å². The number of thioether (sulfide) groups is 1. The van der Waals surface area contributed by atoms with E-state index in [0.717, 1.165) is 22.9 Å². The van der Waals surface area contributed by atoms with Crippen molar-refractivity contribution >= 4 is 28.5 Å². The van der Waals surface area contributed by atoms with E-state index in [1.54, 1.807) is 24.3 Å². The summed E-state index contributed by atoms with van der Waals surface area (Å²) < 4.78 is 11.3. The molecule has 5 aromatic rings. The molecule has 0 aliphatic heterocycles. The van der Waals surface area contributed by atoms with E-state index in [0.29, 0.717) is 27.6 Å². The van der Waals surface area contributed by atoms with Crippen molar-refractivity contribution < 1.29 is 13.6 Å². The summed E-state index contributed by atoms with van der Waals surface area (Å²) in [5, 5.41) is 1.07. The smallest absolute Gasteiger partial charge is 0.347 e. The van der Waals surface area contributed by atoms with Crippen LogP contribution in [0.3, 0.4) is 0 Å². The Balaban J connectivity index is 1.44. The second kappa shape index (κ2) is 8.69. The first kappa shape index (κ1) is 20.0. The van der Waals surface area contributed by atoms with E-state index in [9.17, 15) is 9.59 Å². The summed E-state index contributed by atoms with van der Waals surface area (Å²) in [7, 11) is 0. The summed E-state index contributed by atoms with van der Waals surface area (Å²) in [6, 6.07) is 28.1. The molecule has 0 aliphatic carbocycles. The van der Waals surface area contributed by atoms with Crippen LogP contribution in [0.25, 0.3) is 33.6 Å². The molecule has 5 rings (SSSR count). The van der Waals surface area contributed by atoms with Crippen LogP contribution in [-0.2, 0) is 0 Å². The maximum Gasteiger partial charge on any atom is 0.347 e. The summed E-state index contributed by atoms with van der Waals surface area (Å²) in [5.41, 5.74) is 2.35. The summed E-state index contributed by atoms with van der Waals surface area (Å²) in [6.45, 7) is 0. The number of aromatic nitrogens is 1. The lowest BCUT2D eigenvalue weighted by Gasteiger charge is -2.01. The number of hydrogen-bond acceptors (Lipinski definition) is 6.